The average Bonchev–Trinajstić information content (AvgIpc) is 3.51. The topological polar surface area (TPSA) is 125 Å². The van der Waals surface area contributed by atoms with Crippen molar-refractivity contribution in [2.24, 2.45) is 0 Å². The lowest BCUT2D eigenvalue weighted by atomic mass is 10.0. The molecule has 0 spiro atoms. The number of hydrogen-bond donors (Lipinski definition) is 4. The van der Waals surface area contributed by atoms with Crippen LogP contribution in [-0.2, 0) is 13.1 Å². The van der Waals surface area contributed by atoms with Crippen LogP contribution in [0.15, 0.2) is 59.4 Å². The third-order valence-electron chi connectivity index (χ3n) is 6.80. The second kappa shape index (κ2) is 9.42. The lowest BCUT2D eigenvalue weighted by Crippen LogP contribution is -2.46. The van der Waals surface area contributed by atoms with Crippen LogP contribution in [0.2, 0.25) is 0 Å². The third kappa shape index (κ3) is 4.80. The van der Waals surface area contributed by atoms with Gasteiger partial charge in [0.2, 0.25) is 0 Å². The monoisotopic (exact) mass is 546 g/mol. The van der Waals surface area contributed by atoms with E-state index in [0.717, 1.165) is 15.8 Å². The molecule has 10 nitrogen and oxygen atoms in total. The van der Waals surface area contributed by atoms with Crippen LogP contribution in [0.5, 0.6) is 0 Å². The van der Waals surface area contributed by atoms with Crippen molar-refractivity contribution in [2.75, 3.05) is 24.2 Å². The zero-order valence-corrected chi connectivity index (χ0v) is 22.0. The fraction of sp³-hybridized carbons (Fsp3) is 0.185. The summed E-state index contributed by atoms with van der Waals surface area (Å²) in [5.41, 5.74) is 2.03. The minimum absolute atomic E-state index is 0.0458. The van der Waals surface area contributed by atoms with E-state index in [1.165, 1.54) is 17.4 Å². The molecule has 39 heavy (non-hydrogen) atoms. The molecule has 6 rings (SSSR count). The molecule has 4 heterocycles. The Balaban J connectivity index is 1.29. The van der Waals surface area contributed by atoms with Gasteiger partial charge in [-0.2, -0.15) is 14.8 Å². The normalized spacial score (nSPS) is 16.7. The summed E-state index contributed by atoms with van der Waals surface area (Å²) >= 11 is 1.33. The van der Waals surface area contributed by atoms with E-state index in [2.05, 4.69) is 25.9 Å². The number of benzene rings is 2. The Labute approximate surface area is 225 Å². The summed E-state index contributed by atoms with van der Waals surface area (Å²) in [5, 5.41) is 28.1. The molecule has 0 saturated heterocycles. The van der Waals surface area contributed by atoms with E-state index in [1.807, 2.05) is 24.3 Å². The molecule has 3 aromatic heterocycles. The molecule has 0 bridgehead atoms. The molecular formula is C27H25FN7O3S+. The minimum atomic E-state index is -0.577. The van der Waals surface area contributed by atoms with Gasteiger partial charge in [0.05, 0.1) is 35.5 Å². The average molecular weight is 547 g/mol. The van der Waals surface area contributed by atoms with E-state index in [0.29, 0.717) is 47.2 Å². The van der Waals surface area contributed by atoms with Crippen molar-refractivity contribution in [3.8, 4) is 11.3 Å². The zero-order chi connectivity index (χ0) is 27.3. The van der Waals surface area contributed by atoms with Gasteiger partial charge < -0.3 is 10.6 Å². The Kier molecular flexibility index (Phi) is 6.02. The predicted octanol–water partition coefficient (Wildman–Crippen LogP) is 4.64. The number of carbonyl (C=O) groups is 1. The van der Waals surface area contributed by atoms with Crippen LogP contribution in [0.25, 0.3) is 21.3 Å². The lowest BCUT2D eigenvalue weighted by molar-refractivity contribution is -1.10. The van der Waals surface area contributed by atoms with Crippen LogP contribution in [0.1, 0.15) is 20.9 Å². The SMILES string of the molecule is Cc1c(-c2cc(Nc3cc4n(n3)CC[N+](C)(O)C4)c(=O)[nH]n2)ccc(F)c1NC(=O)c1cc2ccccc2s1. The molecule has 0 radical (unpaired) electrons. The Hall–Kier alpha value is -4.39. The fourth-order valence-electron chi connectivity index (χ4n) is 4.73. The highest BCUT2D eigenvalue weighted by molar-refractivity contribution is 7.20. The van der Waals surface area contributed by atoms with Crippen LogP contribution in [-0.4, -0.2) is 49.3 Å². The van der Waals surface area contributed by atoms with E-state index in [9.17, 15) is 19.2 Å². The van der Waals surface area contributed by atoms with Gasteiger partial charge in [-0.05, 0) is 48.2 Å². The second-order valence-corrected chi connectivity index (χ2v) is 10.9. The summed E-state index contributed by atoms with van der Waals surface area (Å²) in [6, 6.07) is 15.6. The van der Waals surface area contributed by atoms with Gasteiger partial charge >= 0.3 is 0 Å². The van der Waals surface area contributed by atoms with E-state index in [-0.39, 0.29) is 16.0 Å². The van der Waals surface area contributed by atoms with Gasteiger partial charge in [0.15, 0.2) is 12.4 Å². The maximum Gasteiger partial charge on any atom is 0.287 e. The summed E-state index contributed by atoms with van der Waals surface area (Å²) < 4.78 is 17.5. The quantitative estimate of drug-likeness (QED) is 0.238. The lowest BCUT2D eigenvalue weighted by Gasteiger charge is -2.29. The number of nitrogens with one attached hydrogen (secondary N) is 3. The van der Waals surface area contributed by atoms with E-state index in [1.54, 1.807) is 42.9 Å². The number of hydrogen-bond acceptors (Lipinski definition) is 7. The molecule has 2 aromatic carbocycles. The Bertz CT molecular complexity index is 1770. The Morgan fingerprint density at radius 1 is 1.21 bits per heavy atom. The number of fused-ring (bicyclic) bond motifs is 2. The highest BCUT2D eigenvalue weighted by Gasteiger charge is 2.28. The largest absolute Gasteiger partial charge is 0.334 e. The highest BCUT2D eigenvalue weighted by atomic mass is 32.1. The first-order chi connectivity index (χ1) is 18.7. The molecule has 198 valence electrons. The maximum atomic E-state index is 14.9. The number of nitrogens with zero attached hydrogens (tertiary/aromatic N) is 4. The van der Waals surface area contributed by atoms with Crippen LogP contribution in [0.4, 0.5) is 21.6 Å². The first kappa shape index (κ1) is 24.9. The summed E-state index contributed by atoms with van der Waals surface area (Å²) in [6.07, 6.45) is 0. The Morgan fingerprint density at radius 2 is 2.03 bits per heavy atom. The van der Waals surface area contributed by atoms with E-state index < -0.39 is 17.3 Å². The Morgan fingerprint density at radius 3 is 2.85 bits per heavy atom. The summed E-state index contributed by atoms with van der Waals surface area (Å²) in [5.74, 6) is -0.526. The number of carbonyl (C=O) groups excluding carboxylic acids is 1. The van der Waals surface area contributed by atoms with Gasteiger partial charge in [-0.3, -0.25) is 14.3 Å². The summed E-state index contributed by atoms with van der Waals surface area (Å²) in [7, 11) is 1.73. The van der Waals surface area contributed by atoms with E-state index >= 15 is 0 Å². The van der Waals surface area contributed by atoms with Crippen LogP contribution >= 0.6 is 11.3 Å². The van der Waals surface area contributed by atoms with Crippen LogP contribution in [0.3, 0.4) is 0 Å². The van der Waals surface area contributed by atoms with Crippen molar-refractivity contribution in [1.29, 1.82) is 0 Å². The van der Waals surface area contributed by atoms with Gasteiger partial charge in [-0.1, -0.05) is 18.2 Å². The molecule has 1 amide bonds. The van der Waals surface area contributed by atoms with Crippen molar-refractivity contribution in [3.63, 3.8) is 0 Å². The molecule has 1 atom stereocenters. The molecule has 1 unspecified atom stereocenters. The van der Waals surface area contributed by atoms with Crippen LogP contribution < -0.4 is 16.2 Å². The second-order valence-electron chi connectivity index (χ2n) is 9.78. The van der Waals surface area contributed by atoms with Crippen LogP contribution in [0, 0.1) is 12.7 Å². The maximum absolute atomic E-state index is 14.9. The van der Waals surface area contributed by atoms with Gasteiger partial charge in [0.25, 0.3) is 11.5 Å². The smallest absolute Gasteiger partial charge is 0.287 e. The van der Waals surface area contributed by atoms with Gasteiger partial charge in [0.1, 0.15) is 18.0 Å². The molecule has 5 aromatic rings. The minimum Gasteiger partial charge on any atom is -0.334 e. The molecular weight excluding hydrogens is 521 g/mol. The number of anilines is 3. The highest BCUT2D eigenvalue weighted by Crippen LogP contribution is 2.32. The first-order valence-electron chi connectivity index (χ1n) is 12.3. The van der Waals surface area contributed by atoms with Crippen molar-refractivity contribution in [3.05, 3.63) is 86.9 Å². The first-order valence-corrected chi connectivity index (χ1v) is 13.1. The summed E-state index contributed by atoms with van der Waals surface area (Å²) in [6.45, 7) is 3.16. The number of rotatable bonds is 5. The van der Waals surface area contributed by atoms with Crippen molar-refractivity contribution >= 4 is 44.5 Å². The number of aromatic amines is 1. The van der Waals surface area contributed by atoms with E-state index in [4.69, 9.17) is 0 Å². The van der Waals surface area contributed by atoms with Gasteiger partial charge in [-0.15, -0.1) is 11.3 Å². The third-order valence-corrected chi connectivity index (χ3v) is 7.92. The van der Waals surface area contributed by atoms with Gasteiger partial charge in [-0.25, -0.2) is 14.7 Å². The molecule has 0 aliphatic carbocycles. The molecule has 0 saturated carbocycles. The molecule has 4 N–H and O–H groups in total. The molecule has 1 aliphatic rings. The number of halogens is 1. The number of aromatic nitrogens is 4. The molecule has 0 fully saturated rings. The number of hydroxylamine groups is 3. The summed E-state index contributed by atoms with van der Waals surface area (Å²) in [4.78, 5) is 26.0. The van der Waals surface area contributed by atoms with Crippen molar-refractivity contribution in [2.45, 2.75) is 20.0 Å². The molecule has 1 aliphatic heterocycles. The number of quaternary nitrogens is 1. The standard InChI is InChI=1S/C27H24FN7O3S/c1-15-18(7-8-19(28)25(15)30-27(37)23-11-16-5-3-4-6-22(16)39-23)20-13-21(26(36)32-31-20)29-24-12-17-14-35(2,38)10-9-34(17)33-24/h3-8,11-13,38H,9-10,14H2,1-2H3,(H2-,29,30,31,32,33,36,37)/p+1. The van der Waals surface area contributed by atoms with Crippen molar-refractivity contribution in [1.82, 2.24) is 20.0 Å². The predicted molar refractivity (Wildman–Crippen MR) is 147 cm³/mol. The van der Waals surface area contributed by atoms with Gasteiger partial charge in [0, 0.05) is 16.3 Å². The fourth-order valence-corrected chi connectivity index (χ4v) is 5.69. The van der Waals surface area contributed by atoms with Crippen molar-refractivity contribution < 1.29 is 19.0 Å². The zero-order valence-electron chi connectivity index (χ0n) is 21.2. The number of H-pyrrole nitrogens is 1. The number of thiophene rings is 1. The number of likely N-dealkylation sites (N-methyl/N-ethyl adjacent to an activating group) is 1. The number of amides is 1. The molecule has 12 heteroatoms.